The van der Waals surface area contributed by atoms with Gasteiger partial charge in [0.1, 0.15) is 12.0 Å². The highest BCUT2D eigenvalue weighted by Gasteiger charge is 2.29. The second-order valence-corrected chi connectivity index (χ2v) is 9.60. The van der Waals surface area contributed by atoms with Crippen molar-refractivity contribution in [1.29, 1.82) is 0 Å². The Bertz CT molecular complexity index is 727. The highest BCUT2D eigenvalue weighted by molar-refractivity contribution is 14.0. The van der Waals surface area contributed by atoms with Crippen LogP contribution in [0, 0.1) is 5.92 Å². The van der Waals surface area contributed by atoms with E-state index in [0.29, 0.717) is 31.9 Å². The molecule has 0 radical (unpaired) electrons. The van der Waals surface area contributed by atoms with E-state index in [2.05, 4.69) is 32.2 Å². The summed E-state index contributed by atoms with van der Waals surface area (Å²) in [6, 6.07) is 1.59. The SMILES string of the molecule is CN=C(NCCN1CCC(C)CC1)N1CCN(S(=O)(=O)Cc2ccon2)CC1.I. The molecule has 0 aromatic carbocycles. The number of sulfonamides is 1. The van der Waals surface area contributed by atoms with Crippen LogP contribution in [0.25, 0.3) is 0 Å². The summed E-state index contributed by atoms with van der Waals surface area (Å²) >= 11 is 0. The summed E-state index contributed by atoms with van der Waals surface area (Å²) in [6.07, 6.45) is 3.95. The van der Waals surface area contributed by atoms with Gasteiger partial charge >= 0.3 is 0 Å². The fraction of sp³-hybridized carbons (Fsp3) is 0.778. The largest absolute Gasteiger partial charge is 0.364 e. The molecule has 166 valence electrons. The van der Waals surface area contributed by atoms with Crippen LogP contribution in [0.4, 0.5) is 0 Å². The van der Waals surface area contributed by atoms with E-state index in [0.717, 1.165) is 25.0 Å². The quantitative estimate of drug-likeness (QED) is 0.328. The number of hydrogen-bond acceptors (Lipinski definition) is 6. The normalized spacial score (nSPS) is 20.5. The summed E-state index contributed by atoms with van der Waals surface area (Å²) in [5.41, 5.74) is 0.437. The third-order valence-electron chi connectivity index (χ3n) is 5.55. The van der Waals surface area contributed by atoms with Gasteiger partial charge in [-0.1, -0.05) is 12.1 Å². The summed E-state index contributed by atoms with van der Waals surface area (Å²) < 4.78 is 31.3. The maximum Gasteiger partial charge on any atom is 0.220 e. The molecule has 1 N–H and O–H groups in total. The van der Waals surface area contributed by atoms with Crippen molar-refractivity contribution < 1.29 is 12.9 Å². The second kappa shape index (κ2) is 11.5. The number of nitrogens with zero attached hydrogens (tertiary/aromatic N) is 5. The Balaban J connectivity index is 0.00000300. The molecule has 3 rings (SSSR count). The molecular formula is C18H33IN6O3S. The summed E-state index contributed by atoms with van der Waals surface area (Å²) in [5, 5.41) is 7.14. The zero-order valence-corrected chi connectivity index (χ0v) is 20.4. The molecule has 2 aliphatic rings. The van der Waals surface area contributed by atoms with Crippen molar-refractivity contribution in [3.63, 3.8) is 0 Å². The Labute approximate surface area is 190 Å². The summed E-state index contributed by atoms with van der Waals surface area (Å²) in [6.45, 7) is 8.67. The van der Waals surface area contributed by atoms with Gasteiger partial charge < -0.3 is 19.6 Å². The summed E-state index contributed by atoms with van der Waals surface area (Å²) in [7, 11) is -1.60. The average molecular weight is 540 g/mol. The molecule has 0 unspecified atom stereocenters. The molecule has 0 bridgehead atoms. The molecular weight excluding hydrogens is 507 g/mol. The Kier molecular flexibility index (Phi) is 9.63. The maximum atomic E-state index is 12.5. The Morgan fingerprint density at radius 2 is 1.93 bits per heavy atom. The number of nitrogens with one attached hydrogen (secondary N) is 1. The maximum absolute atomic E-state index is 12.5. The van der Waals surface area contributed by atoms with E-state index >= 15 is 0 Å². The lowest BCUT2D eigenvalue weighted by Gasteiger charge is -2.36. The molecule has 2 fully saturated rings. The first-order valence-electron chi connectivity index (χ1n) is 10.0. The highest BCUT2D eigenvalue weighted by Crippen LogP contribution is 2.15. The van der Waals surface area contributed by atoms with E-state index in [4.69, 9.17) is 4.52 Å². The van der Waals surface area contributed by atoms with Crippen LogP contribution in [0.5, 0.6) is 0 Å². The van der Waals surface area contributed by atoms with Gasteiger partial charge in [0.15, 0.2) is 5.96 Å². The molecule has 0 atom stereocenters. The van der Waals surface area contributed by atoms with E-state index in [9.17, 15) is 8.42 Å². The molecule has 0 saturated carbocycles. The number of hydrogen-bond donors (Lipinski definition) is 1. The minimum atomic E-state index is -3.38. The second-order valence-electron chi connectivity index (χ2n) is 7.63. The number of likely N-dealkylation sites (tertiary alicyclic amines) is 1. The first-order chi connectivity index (χ1) is 13.5. The first kappa shape index (κ1) is 24.4. The van der Waals surface area contributed by atoms with Gasteiger partial charge in [0, 0.05) is 52.4 Å². The van der Waals surface area contributed by atoms with Gasteiger partial charge in [-0.15, -0.1) is 24.0 Å². The lowest BCUT2D eigenvalue weighted by atomic mass is 9.99. The van der Waals surface area contributed by atoms with Crippen LogP contribution < -0.4 is 5.32 Å². The topological polar surface area (TPSA) is 94.3 Å². The molecule has 1 aromatic rings. The van der Waals surface area contributed by atoms with Crippen LogP contribution >= 0.6 is 24.0 Å². The van der Waals surface area contributed by atoms with Crippen LogP contribution in [0.1, 0.15) is 25.5 Å². The minimum Gasteiger partial charge on any atom is -0.364 e. The minimum absolute atomic E-state index is 0. The molecule has 2 aliphatic heterocycles. The first-order valence-corrected chi connectivity index (χ1v) is 11.6. The number of halogens is 1. The Hall–Kier alpha value is -0.920. The van der Waals surface area contributed by atoms with Crippen LogP contribution in [0.3, 0.4) is 0 Å². The van der Waals surface area contributed by atoms with Crippen molar-refractivity contribution >= 4 is 40.0 Å². The fourth-order valence-corrected chi connectivity index (χ4v) is 5.14. The Morgan fingerprint density at radius 1 is 1.24 bits per heavy atom. The van der Waals surface area contributed by atoms with Gasteiger partial charge in [-0.05, 0) is 31.8 Å². The van der Waals surface area contributed by atoms with Crippen LogP contribution in [0.2, 0.25) is 0 Å². The van der Waals surface area contributed by atoms with Crippen LogP contribution in [-0.4, -0.2) is 93.0 Å². The van der Waals surface area contributed by atoms with E-state index < -0.39 is 10.0 Å². The van der Waals surface area contributed by atoms with Crippen LogP contribution in [0.15, 0.2) is 21.8 Å². The van der Waals surface area contributed by atoms with Gasteiger partial charge in [-0.25, -0.2) is 8.42 Å². The zero-order chi connectivity index (χ0) is 20.0. The van der Waals surface area contributed by atoms with Crippen LogP contribution in [-0.2, 0) is 15.8 Å². The van der Waals surface area contributed by atoms with Crippen molar-refractivity contribution in [2.75, 3.05) is 59.4 Å². The molecule has 29 heavy (non-hydrogen) atoms. The van der Waals surface area contributed by atoms with Crippen molar-refractivity contribution in [3.05, 3.63) is 18.0 Å². The monoisotopic (exact) mass is 540 g/mol. The zero-order valence-electron chi connectivity index (χ0n) is 17.3. The van der Waals surface area contributed by atoms with E-state index in [1.165, 1.54) is 36.5 Å². The molecule has 2 saturated heterocycles. The predicted molar refractivity (Wildman–Crippen MR) is 124 cm³/mol. The van der Waals surface area contributed by atoms with E-state index in [-0.39, 0.29) is 29.7 Å². The number of aromatic nitrogens is 1. The van der Waals surface area contributed by atoms with Crippen molar-refractivity contribution in [2.45, 2.75) is 25.5 Å². The highest BCUT2D eigenvalue weighted by atomic mass is 127. The third kappa shape index (κ3) is 7.07. The number of rotatable bonds is 6. The predicted octanol–water partition coefficient (Wildman–Crippen LogP) is 1.05. The lowest BCUT2D eigenvalue weighted by molar-refractivity contribution is 0.194. The molecule has 3 heterocycles. The van der Waals surface area contributed by atoms with Gasteiger partial charge in [0.25, 0.3) is 0 Å². The Morgan fingerprint density at radius 3 is 2.52 bits per heavy atom. The standard InChI is InChI=1S/C18H32N6O3S.HI/c1-16-3-7-22(8-4-16)9-6-20-18(19-2)23-10-12-24(13-11-23)28(25,26)15-17-5-14-27-21-17;/h5,14,16H,3-4,6-13,15H2,1-2H3,(H,19,20);1H. The lowest BCUT2D eigenvalue weighted by Crippen LogP contribution is -2.54. The van der Waals surface area contributed by atoms with Crippen molar-refractivity contribution in [3.8, 4) is 0 Å². The third-order valence-corrected chi connectivity index (χ3v) is 7.36. The van der Waals surface area contributed by atoms with Gasteiger partial charge in [0.05, 0.1) is 5.69 Å². The fourth-order valence-electron chi connectivity index (χ4n) is 3.71. The summed E-state index contributed by atoms with van der Waals surface area (Å²) in [5.74, 6) is 1.57. The smallest absolute Gasteiger partial charge is 0.220 e. The molecule has 1 aromatic heterocycles. The molecule has 0 aliphatic carbocycles. The van der Waals surface area contributed by atoms with Crippen molar-refractivity contribution in [2.24, 2.45) is 10.9 Å². The average Bonchev–Trinajstić information content (AvgIpc) is 3.19. The molecule has 9 nitrogen and oxygen atoms in total. The van der Waals surface area contributed by atoms with Crippen molar-refractivity contribution in [1.82, 2.24) is 24.6 Å². The molecule has 0 spiro atoms. The number of piperazine rings is 1. The number of guanidine groups is 1. The van der Waals surface area contributed by atoms with E-state index in [1.54, 1.807) is 13.1 Å². The molecule has 11 heteroatoms. The van der Waals surface area contributed by atoms with Gasteiger partial charge in [-0.2, -0.15) is 4.31 Å². The van der Waals surface area contributed by atoms with Gasteiger partial charge in [-0.3, -0.25) is 4.99 Å². The van der Waals surface area contributed by atoms with E-state index in [1.807, 2.05) is 0 Å². The number of piperidine rings is 1. The molecule has 0 amide bonds. The van der Waals surface area contributed by atoms with Gasteiger partial charge in [0.2, 0.25) is 10.0 Å². The summed E-state index contributed by atoms with van der Waals surface area (Å²) in [4.78, 5) is 9.00. The number of aliphatic imine (C=N–C) groups is 1.